The summed E-state index contributed by atoms with van der Waals surface area (Å²) in [6.45, 7) is 5.28. The Morgan fingerprint density at radius 1 is 1.47 bits per heavy atom. The van der Waals surface area contributed by atoms with Crippen molar-refractivity contribution in [3.8, 4) is 0 Å². The second-order valence-electron chi connectivity index (χ2n) is 3.22. The Labute approximate surface area is 101 Å². The zero-order valence-electron chi connectivity index (χ0n) is 8.63. The molecule has 1 N–H and O–H groups in total. The van der Waals surface area contributed by atoms with Gasteiger partial charge in [-0.2, -0.15) is 0 Å². The predicted molar refractivity (Wildman–Crippen MR) is 68.5 cm³/mol. The number of benzene rings is 1. The zero-order chi connectivity index (χ0) is 11.3. The molecule has 1 rings (SSSR count). The summed E-state index contributed by atoms with van der Waals surface area (Å²) in [4.78, 5) is 0.864. The van der Waals surface area contributed by atoms with Gasteiger partial charge in [-0.25, -0.2) is 0 Å². The lowest BCUT2D eigenvalue weighted by Crippen LogP contribution is -2.14. The van der Waals surface area contributed by atoms with Crippen LogP contribution < -0.4 is 5.32 Å². The fraction of sp³-hybridized carbons (Fsp3) is 0.273. The van der Waals surface area contributed by atoms with E-state index in [4.69, 9.17) is 0 Å². The Bertz CT molecular complexity index is 361. The Balaban J connectivity index is 2.50. The predicted octanol–water partition coefficient (Wildman–Crippen LogP) is 2.42. The summed E-state index contributed by atoms with van der Waals surface area (Å²) in [6.07, 6.45) is 1.68. The fourth-order valence-corrected chi connectivity index (χ4v) is 1.86. The second-order valence-corrected chi connectivity index (χ2v) is 5.72. The highest BCUT2D eigenvalue weighted by molar-refractivity contribution is 9.11. The number of hydrogen-bond donors (Lipinski definition) is 1. The SMILES string of the molecule is C=C(Br)CNCc1ccc(S(C)=O)cc1. The van der Waals surface area contributed by atoms with Crippen molar-refractivity contribution in [3.05, 3.63) is 40.9 Å². The Morgan fingerprint density at radius 3 is 2.53 bits per heavy atom. The minimum atomic E-state index is -0.892. The van der Waals surface area contributed by atoms with E-state index >= 15 is 0 Å². The smallest absolute Gasteiger partial charge is 0.0498 e. The molecule has 1 aromatic carbocycles. The highest BCUT2D eigenvalue weighted by Gasteiger charge is 1.97. The van der Waals surface area contributed by atoms with Gasteiger partial charge in [0.2, 0.25) is 0 Å². The zero-order valence-corrected chi connectivity index (χ0v) is 11.0. The largest absolute Gasteiger partial charge is 0.308 e. The van der Waals surface area contributed by atoms with Crippen molar-refractivity contribution in [3.63, 3.8) is 0 Å². The first-order valence-electron chi connectivity index (χ1n) is 4.56. The molecule has 0 aromatic heterocycles. The third kappa shape index (κ3) is 4.73. The summed E-state index contributed by atoms with van der Waals surface area (Å²) >= 11 is 3.28. The second kappa shape index (κ2) is 6.20. The molecule has 0 bridgehead atoms. The van der Waals surface area contributed by atoms with Crippen LogP contribution in [0.3, 0.4) is 0 Å². The quantitative estimate of drug-likeness (QED) is 0.901. The van der Waals surface area contributed by atoms with Crippen LogP contribution in [0.1, 0.15) is 5.56 Å². The summed E-state index contributed by atoms with van der Waals surface area (Å²) in [5.74, 6) is 0. The van der Waals surface area contributed by atoms with E-state index in [2.05, 4.69) is 27.8 Å². The molecule has 0 aliphatic heterocycles. The Kier molecular flexibility index (Phi) is 5.22. The van der Waals surface area contributed by atoms with Gasteiger partial charge >= 0.3 is 0 Å². The lowest BCUT2D eigenvalue weighted by Gasteiger charge is -2.04. The third-order valence-corrected chi connectivity index (χ3v) is 3.12. The maximum atomic E-state index is 11.1. The molecular weight excluding hydrogens is 274 g/mol. The van der Waals surface area contributed by atoms with Gasteiger partial charge in [-0.3, -0.25) is 4.21 Å². The first-order valence-corrected chi connectivity index (χ1v) is 6.91. The fourth-order valence-electron chi connectivity index (χ4n) is 1.14. The highest BCUT2D eigenvalue weighted by Crippen LogP contribution is 2.07. The molecule has 0 aliphatic carbocycles. The van der Waals surface area contributed by atoms with E-state index in [1.165, 1.54) is 5.56 Å². The maximum Gasteiger partial charge on any atom is 0.0498 e. The topological polar surface area (TPSA) is 29.1 Å². The number of nitrogens with one attached hydrogen (secondary N) is 1. The normalized spacial score (nSPS) is 12.4. The molecule has 4 heteroatoms. The standard InChI is InChI=1S/C11H14BrNOS/c1-9(12)7-13-8-10-3-5-11(6-4-10)15(2)14/h3-6,13H,1,7-8H2,2H3. The molecule has 0 radical (unpaired) electrons. The molecule has 1 atom stereocenters. The van der Waals surface area contributed by atoms with Crippen molar-refractivity contribution in [2.45, 2.75) is 11.4 Å². The number of rotatable bonds is 5. The van der Waals surface area contributed by atoms with Gasteiger partial charge in [0, 0.05) is 39.5 Å². The molecule has 0 spiro atoms. The van der Waals surface area contributed by atoms with Crippen molar-refractivity contribution in [2.24, 2.45) is 0 Å². The van der Waals surface area contributed by atoms with Crippen molar-refractivity contribution >= 4 is 26.7 Å². The first kappa shape index (κ1) is 12.6. The molecule has 1 unspecified atom stereocenters. The van der Waals surface area contributed by atoms with E-state index in [9.17, 15) is 4.21 Å². The summed E-state index contributed by atoms with van der Waals surface area (Å²) in [6, 6.07) is 7.77. The Morgan fingerprint density at radius 2 is 2.07 bits per heavy atom. The van der Waals surface area contributed by atoms with E-state index in [0.29, 0.717) is 0 Å². The number of hydrogen-bond acceptors (Lipinski definition) is 2. The average molecular weight is 288 g/mol. The van der Waals surface area contributed by atoms with Gasteiger partial charge in [-0.05, 0) is 17.7 Å². The van der Waals surface area contributed by atoms with E-state index < -0.39 is 10.8 Å². The summed E-state index contributed by atoms with van der Waals surface area (Å²) in [7, 11) is -0.892. The Hall–Kier alpha value is -0.450. The van der Waals surface area contributed by atoms with Crippen LogP contribution >= 0.6 is 15.9 Å². The van der Waals surface area contributed by atoms with Crippen molar-refractivity contribution in [1.29, 1.82) is 0 Å². The van der Waals surface area contributed by atoms with Gasteiger partial charge in [0.25, 0.3) is 0 Å². The van der Waals surface area contributed by atoms with Gasteiger partial charge in [0.15, 0.2) is 0 Å². The average Bonchev–Trinajstić information content (AvgIpc) is 2.18. The van der Waals surface area contributed by atoms with Crippen LogP contribution in [0.5, 0.6) is 0 Å². The van der Waals surface area contributed by atoms with Crippen LogP contribution in [0.25, 0.3) is 0 Å². The molecule has 0 heterocycles. The molecule has 15 heavy (non-hydrogen) atoms. The van der Waals surface area contributed by atoms with Crippen molar-refractivity contribution in [2.75, 3.05) is 12.8 Å². The third-order valence-electron chi connectivity index (χ3n) is 1.90. The minimum absolute atomic E-state index is 0.751. The van der Waals surface area contributed by atoms with E-state index in [-0.39, 0.29) is 0 Å². The van der Waals surface area contributed by atoms with Gasteiger partial charge < -0.3 is 5.32 Å². The molecule has 1 aromatic rings. The van der Waals surface area contributed by atoms with Crippen LogP contribution in [-0.2, 0) is 17.3 Å². The van der Waals surface area contributed by atoms with Crippen molar-refractivity contribution in [1.82, 2.24) is 5.32 Å². The summed E-state index contributed by atoms with van der Waals surface area (Å²) in [5, 5.41) is 3.23. The molecule has 82 valence electrons. The monoisotopic (exact) mass is 287 g/mol. The summed E-state index contributed by atoms with van der Waals surface area (Å²) < 4.78 is 12.1. The molecular formula is C11H14BrNOS. The molecule has 0 aliphatic rings. The van der Waals surface area contributed by atoms with Crippen LogP contribution in [0, 0.1) is 0 Å². The van der Waals surface area contributed by atoms with E-state index in [1.807, 2.05) is 24.3 Å². The van der Waals surface area contributed by atoms with E-state index in [1.54, 1.807) is 6.26 Å². The van der Waals surface area contributed by atoms with Gasteiger partial charge in [0.1, 0.15) is 0 Å². The molecule has 2 nitrogen and oxygen atoms in total. The minimum Gasteiger partial charge on any atom is -0.308 e. The number of halogens is 1. The summed E-state index contributed by atoms with van der Waals surface area (Å²) in [5.41, 5.74) is 1.18. The van der Waals surface area contributed by atoms with Crippen LogP contribution in [0.4, 0.5) is 0 Å². The van der Waals surface area contributed by atoms with Crippen LogP contribution in [0.15, 0.2) is 40.2 Å². The molecule has 0 amide bonds. The van der Waals surface area contributed by atoms with Gasteiger partial charge in [0.05, 0.1) is 0 Å². The van der Waals surface area contributed by atoms with E-state index in [0.717, 1.165) is 22.5 Å². The van der Waals surface area contributed by atoms with Crippen LogP contribution in [-0.4, -0.2) is 17.0 Å². The molecule has 0 saturated heterocycles. The van der Waals surface area contributed by atoms with Gasteiger partial charge in [-0.1, -0.05) is 34.6 Å². The highest BCUT2D eigenvalue weighted by atomic mass is 79.9. The lowest BCUT2D eigenvalue weighted by molar-refractivity contribution is 0.686. The molecule has 0 fully saturated rings. The molecule has 0 saturated carbocycles. The lowest BCUT2D eigenvalue weighted by atomic mass is 10.2. The van der Waals surface area contributed by atoms with Crippen LogP contribution in [0.2, 0.25) is 0 Å². The maximum absolute atomic E-state index is 11.1. The van der Waals surface area contributed by atoms with Crippen molar-refractivity contribution < 1.29 is 4.21 Å². The first-order chi connectivity index (χ1) is 7.09. The van der Waals surface area contributed by atoms with Gasteiger partial charge in [-0.15, -0.1) is 0 Å².